The first-order valence-corrected chi connectivity index (χ1v) is 6.61. The Morgan fingerprint density at radius 2 is 2.20 bits per heavy atom. The molecular formula is C14H15N3O3. The zero-order valence-corrected chi connectivity index (χ0v) is 11.2. The summed E-state index contributed by atoms with van der Waals surface area (Å²) in [7, 11) is 0. The predicted molar refractivity (Wildman–Crippen MR) is 70.5 cm³/mol. The van der Waals surface area contributed by atoms with Crippen molar-refractivity contribution in [3.05, 3.63) is 41.1 Å². The Hall–Kier alpha value is -2.37. The van der Waals surface area contributed by atoms with Gasteiger partial charge in [-0.25, -0.2) is 0 Å². The number of hydrogen-bond acceptors (Lipinski definition) is 5. The number of ether oxygens (including phenoxy) is 1. The monoisotopic (exact) mass is 273 g/mol. The molecule has 0 spiro atoms. The van der Waals surface area contributed by atoms with E-state index in [2.05, 4.69) is 15.5 Å². The molecule has 1 aromatic carbocycles. The predicted octanol–water partition coefficient (Wildman–Crippen LogP) is 1.50. The summed E-state index contributed by atoms with van der Waals surface area (Å²) in [5.41, 5.74) is 1.72. The van der Waals surface area contributed by atoms with Crippen molar-refractivity contribution in [3.8, 4) is 5.75 Å². The first kappa shape index (κ1) is 12.7. The molecule has 0 atom stereocenters. The van der Waals surface area contributed by atoms with Crippen molar-refractivity contribution in [3.63, 3.8) is 0 Å². The van der Waals surface area contributed by atoms with Crippen molar-refractivity contribution >= 4 is 5.91 Å². The lowest BCUT2D eigenvalue weighted by Crippen LogP contribution is -2.31. The molecule has 20 heavy (non-hydrogen) atoms. The van der Waals surface area contributed by atoms with Gasteiger partial charge in [-0.05, 0) is 30.2 Å². The molecule has 0 saturated heterocycles. The van der Waals surface area contributed by atoms with Gasteiger partial charge in [0.2, 0.25) is 5.89 Å². The highest BCUT2D eigenvalue weighted by molar-refractivity contribution is 5.96. The quantitative estimate of drug-likeness (QED) is 0.913. The summed E-state index contributed by atoms with van der Waals surface area (Å²) < 4.78 is 11.0. The highest BCUT2D eigenvalue weighted by Gasteiger charge is 2.17. The maximum atomic E-state index is 11.6. The Balaban J connectivity index is 1.70. The topological polar surface area (TPSA) is 77.3 Å². The van der Waals surface area contributed by atoms with Crippen LogP contribution in [0.4, 0.5) is 0 Å². The molecule has 1 amide bonds. The van der Waals surface area contributed by atoms with Gasteiger partial charge in [-0.1, -0.05) is 6.92 Å². The normalized spacial score (nSPS) is 13.8. The number of benzene rings is 1. The number of nitrogens with zero attached hydrogens (tertiary/aromatic N) is 2. The van der Waals surface area contributed by atoms with E-state index >= 15 is 0 Å². The van der Waals surface area contributed by atoms with Crippen LogP contribution in [0.2, 0.25) is 0 Å². The van der Waals surface area contributed by atoms with Gasteiger partial charge in [-0.3, -0.25) is 4.79 Å². The first-order valence-electron chi connectivity index (χ1n) is 6.61. The van der Waals surface area contributed by atoms with Crippen molar-refractivity contribution in [1.29, 1.82) is 0 Å². The van der Waals surface area contributed by atoms with Crippen LogP contribution in [0, 0.1) is 0 Å². The fourth-order valence-corrected chi connectivity index (χ4v) is 2.13. The molecule has 6 nitrogen and oxygen atoms in total. The number of carbonyl (C=O) groups is 1. The number of aryl methyl sites for hydroxylation is 1. The fourth-order valence-electron chi connectivity index (χ4n) is 2.13. The van der Waals surface area contributed by atoms with Crippen molar-refractivity contribution < 1.29 is 13.9 Å². The van der Waals surface area contributed by atoms with Crippen LogP contribution >= 0.6 is 0 Å². The second-order valence-electron chi connectivity index (χ2n) is 4.56. The van der Waals surface area contributed by atoms with Crippen molar-refractivity contribution in [2.75, 3.05) is 6.54 Å². The van der Waals surface area contributed by atoms with E-state index in [-0.39, 0.29) is 12.5 Å². The number of amides is 1. The van der Waals surface area contributed by atoms with Gasteiger partial charge in [-0.15, -0.1) is 10.2 Å². The summed E-state index contributed by atoms with van der Waals surface area (Å²) in [5.74, 6) is 1.74. The number of fused-ring (bicyclic) bond motifs is 1. The number of hydrogen-bond donors (Lipinski definition) is 1. The summed E-state index contributed by atoms with van der Waals surface area (Å²) in [6.07, 6.45) is 1.53. The Morgan fingerprint density at radius 3 is 3.00 bits per heavy atom. The molecule has 0 unspecified atom stereocenters. The van der Waals surface area contributed by atoms with E-state index in [0.717, 1.165) is 17.5 Å². The van der Waals surface area contributed by atoms with E-state index in [1.54, 1.807) is 12.1 Å². The first-order chi connectivity index (χ1) is 9.76. The van der Waals surface area contributed by atoms with Gasteiger partial charge in [-0.2, -0.15) is 0 Å². The Morgan fingerprint density at radius 1 is 1.35 bits per heavy atom. The van der Waals surface area contributed by atoms with E-state index < -0.39 is 0 Å². The maximum Gasteiger partial charge on any atom is 0.253 e. The van der Waals surface area contributed by atoms with E-state index in [9.17, 15) is 4.79 Å². The van der Waals surface area contributed by atoms with Gasteiger partial charge in [0, 0.05) is 18.5 Å². The molecule has 0 aliphatic carbocycles. The van der Waals surface area contributed by atoms with E-state index in [4.69, 9.17) is 9.15 Å². The number of rotatable bonds is 4. The van der Waals surface area contributed by atoms with E-state index in [1.807, 2.05) is 13.0 Å². The average molecular weight is 273 g/mol. The minimum Gasteiger partial charge on any atom is -0.484 e. The Kier molecular flexibility index (Phi) is 3.37. The minimum atomic E-state index is -0.0257. The summed E-state index contributed by atoms with van der Waals surface area (Å²) in [4.78, 5) is 11.6. The molecule has 0 bridgehead atoms. The number of aromatic nitrogens is 2. The van der Waals surface area contributed by atoms with Crippen LogP contribution in [-0.4, -0.2) is 22.6 Å². The molecule has 1 N–H and O–H groups in total. The lowest BCUT2D eigenvalue weighted by atomic mass is 10.0. The molecule has 0 saturated carbocycles. The van der Waals surface area contributed by atoms with Crippen LogP contribution in [-0.2, 0) is 19.4 Å². The van der Waals surface area contributed by atoms with Crippen LogP contribution in [0.25, 0.3) is 0 Å². The molecule has 104 valence electrons. The molecule has 3 rings (SSSR count). The van der Waals surface area contributed by atoms with Crippen molar-refractivity contribution in [2.24, 2.45) is 0 Å². The highest BCUT2D eigenvalue weighted by Crippen LogP contribution is 2.21. The van der Waals surface area contributed by atoms with Crippen LogP contribution in [0.1, 0.15) is 34.6 Å². The zero-order valence-electron chi connectivity index (χ0n) is 11.2. The lowest BCUT2D eigenvalue weighted by Gasteiger charge is -2.17. The Bertz CT molecular complexity index is 636. The largest absolute Gasteiger partial charge is 0.484 e. The summed E-state index contributed by atoms with van der Waals surface area (Å²) in [5, 5.41) is 10.6. The van der Waals surface area contributed by atoms with Crippen LogP contribution in [0.15, 0.2) is 22.6 Å². The fraction of sp³-hybridized carbons (Fsp3) is 0.357. The molecule has 0 fully saturated rings. The van der Waals surface area contributed by atoms with Crippen LogP contribution in [0.5, 0.6) is 5.75 Å². The van der Waals surface area contributed by atoms with Gasteiger partial charge in [0.15, 0.2) is 6.61 Å². The zero-order chi connectivity index (χ0) is 13.9. The van der Waals surface area contributed by atoms with Crippen molar-refractivity contribution in [2.45, 2.75) is 26.4 Å². The maximum absolute atomic E-state index is 11.6. The smallest absolute Gasteiger partial charge is 0.253 e. The van der Waals surface area contributed by atoms with E-state index in [1.165, 1.54) is 0 Å². The minimum absolute atomic E-state index is 0.0257. The van der Waals surface area contributed by atoms with E-state index in [0.29, 0.717) is 30.5 Å². The third kappa shape index (κ3) is 2.49. The van der Waals surface area contributed by atoms with Gasteiger partial charge in [0.25, 0.3) is 11.8 Å². The molecule has 1 aliphatic rings. The second kappa shape index (κ2) is 5.32. The summed E-state index contributed by atoms with van der Waals surface area (Å²) in [6, 6.07) is 5.45. The van der Waals surface area contributed by atoms with Gasteiger partial charge in [0.05, 0.1) is 0 Å². The SMILES string of the molecule is CCc1nnc(COc2ccc3c(c2)CCNC3=O)o1. The third-order valence-corrected chi connectivity index (χ3v) is 3.17. The summed E-state index contributed by atoms with van der Waals surface area (Å²) in [6.45, 7) is 2.85. The van der Waals surface area contributed by atoms with Crippen molar-refractivity contribution in [1.82, 2.24) is 15.5 Å². The lowest BCUT2D eigenvalue weighted by molar-refractivity contribution is 0.0946. The van der Waals surface area contributed by atoms with Crippen LogP contribution < -0.4 is 10.1 Å². The Labute approximate surface area is 116 Å². The number of nitrogens with one attached hydrogen (secondary N) is 1. The second-order valence-corrected chi connectivity index (χ2v) is 4.56. The molecule has 1 aliphatic heterocycles. The molecule has 1 aromatic heterocycles. The van der Waals surface area contributed by atoms with Gasteiger partial charge < -0.3 is 14.5 Å². The van der Waals surface area contributed by atoms with Crippen LogP contribution in [0.3, 0.4) is 0 Å². The average Bonchev–Trinajstić information content (AvgIpc) is 2.93. The molecule has 6 heteroatoms. The molecular weight excluding hydrogens is 258 g/mol. The molecule has 0 radical (unpaired) electrons. The van der Waals surface area contributed by atoms with Gasteiger partial charge >= 0.3 is 0 Å². The highest BCUT2D eigenvalue weighted by atomic mass is 16.5. The standard InChI is InChI=1S/C14H15N3O3/c1-2-12-16-17-13(20-12)8-19-10-3-4-11-9(7-10)5-6-15-14(11)18/h3-4,7H,2,5-6,8H2,1H3,(H,15,18). The molecule has 2 aromatic rings. The summed E-state index contributed by atoms with van der Waals surface area (Å²) >= 11 is 0. The third-order valence-electron chi connectivity index (χ3n) is 3.17. The van der Waals surface area contributed by atoms with Gasteiger partial charge in [0.1, 0.15) is 5.75 Å². The molecule has 2 heterocycles. The number of carbonyl (C=O) groups excluding carboxylic acids is 1.